The van der Waals surface area contributed by atoms with Crippen molar-refractivity contribution in [2.45, 2.75) is 0 Å². The highest BCUT2D eigenvalue weighted by molar-refractivity contribution is 7.16. The average molecular weight is 184 g/mol. The zero-order chi connectivity index (χ0) is 9.10. The van der Waals surface area contributed by atoms with Crippen molar-refractivity contribution in [2.24, 2.45) is 0 Å². The molecule has 0 amide bonds. The van der Waals surface area contributed by atoms with Gasteiger partial charge in [-0.25, -0.2) is 4.98 Å². The minimum atomic E-state index is 0.860. The molecule has 2 nitrogen and oxygen atoms in total. The Morgan fingerprint density at radius 3 is 3.15 bits per heavy atom. The molecule has 1 aromatic heterocycles. The number of thiazole rings is 1. The van der Waals surface area contributed by atoms with Crippen molar-refractivity contribution < 1.29 is 0 Å². The van der Waals surface area contributed by atoms with E-state index in [0.29, 0.717) is 0 Å². The van der Waals surface area contributed by atoms with Gasteiger partial charge in [-0.15, -0.1) is 11.3 Å². The first kappa shape index (κ1) is 7.79. The highest BCUT2D eigenvalue weighted by Crippen LogP contribution is 2.18. The van der Waals surface area contributed by atoms with Crippen molar-refractivity contribution in [3.63, 3.8) is 0 Å². The Hall–Kier alpha value is -1.84. The first-order valence-electron chi connectivity index (χ1n) is 3.63. The van der Waals surface area contributed by atoms with Gasteiger partial charge < -0.3 is 0 Å². The molecule has 0 radical (unpaired) electrons. The lowest BCUT2D eigenvalue weighted by molar-refractivity contribution is 1.50. The second-order valence-corrected chi connectivity index (χ2v) is 3.28. The molecular weight excluding hydrogens is 180 g/mol. The Bertz CT molecular complexity index is 537. The summed E-state index contributed by atoms with van der Waals surface area (Å²) in [6.07, 6.45) is 0. The predicted molar refractivity (Wildman–Crippen MR) is 52.1 cm³/mol. The van der Waals surface area contributed by atoms with E-state index in [2.05, 4.69) is 16.8 Å². The molecule has 0 atom stereocenters. The van der Waals surface area contributed by atoms with Crippen LogP contribution in [0.5, 0.6) is 0 Å². The van der Waals surface area contributed by atoms with Crippen LogP contribution < -0.4 is 0 Å². The highest BCUT2D eigenvalue weighted by atomic mass is 32.1. The summed E-state index contributed by atoms with van der Waals surface area (Å²) in [6.45, 7) is 0. The third-order valence-electron chi connectivity index (χ3n) is 1.59. The van der Waals surface area contributed by atoms with E-state index in [-0.39, 0.29) is 0 Å². The number of hydrogen-bond acceptors (Lipinski definition) is 3. The van der Waals surface area contributed by atoms with Crippen LogP contribution in [0, 0.1) is 23.2 Å². The summed E-state index contributed by atoms with van der Waals surface area (Å²) in [5.74, 6) is 5.11. The van der Waals surface area contributed by atoms with Crippen molar-refractivity contribution >= 4 is 21.6 Å². The van der Waals surface area contributed by atoms with Crippen molar-refractivity contribution in [3.05, 3.63) is 29.3 Å². The highest BCUT2D eigenvalue weighted by Gasteiger charge is 1.95. The molecule has 1 heterocycles. The molecule has 0 N–H and O–H groups in total. The largest absolute Gasteiger partial charge is 0.245 e. The zero-order valence-corrected chi connectivity index (χ0v) is 7.43. The van der Waals surface area contributed by atoms with Crippen LogP contribution in [0.25, 0.3) is 10.2 Å². The van der Waals surface area contributed by atoms with E-state index >= 15 is 0 Å². The Morgan fingerprint density at radius 2 is 2.31 bits per heavy atom. The Morgan fingerprint density at radius 1 is 1.38 bits per heavy atom. The van der Waals surface area contributed by atoms with E-state index in [1.54, 1.807) is 22.9 Å². The molecule has 2 rings (SSSR count). The average Bonchev–Trinajstić information content (AvgIpc) is 2.61. The third kappa shape index (κ3) is 1.51. The van der Waals surface area contributed by atoms with Gasteiger partial charge in [0.25, 0.3) is 0 Å². The summed E-state index contributed by atoms with van der Waals surface area (Å²) < 4.78 is 1.10. The first-order valence-corrected chi connectivity index (χ1v) is 4.51. The van der Waals surface area contributed by atoms with E-state index in [9.17, 15) is 0 Å². The fraction of sp³-hybridized carbons (Fsp3) is 0. The number of nitrogens with zero attached hydrogens (tertiary/aromatic N) is 2. The molecule has 0 spiro atoms. The van der Waals surface area contributed by atoms with Crippen LogP contribution in [0.3, 0.4) is 0 Å². The van der Waals surface area contributed by atoms with Crippen LogP contribution in [-0.2, 0) is 0 Å². The molecule has 3 heteroatoms. The topological polar surface area (TPSA) is 36.7 Å². The molecule has 2 aromatic rings. The number of nitriles is 1. The van der Waals surface area contributed by atoms with Crippen LogP contribution in [0.4, 0.5) is 0 Å². The van der Waals surface area contributed by atoms with E-state index in [1.165, 1.54) is 0 Å². The minimum Gasteiger partial charge on any atom is -0.245 e. The van der Waals surface area contributed by atoms with Gasteiger partial charge in [-0.2, -0.15) is 5.26 Å². The van der Waals surface area contributed by atoms with Crippen molar-refractivity contribution in [3.8, 4) is 17.9 Å². The maximum absolute atomic E-state index is 8.27. The lowest BCUT2D eigenvalue weighted by Gasteiger charge is -1.88. The van der Waals surface area contributed by atoms with Crippen molar-refractivity contribution in [1.29, 1.82) is 5.26 Å². The smallest absolute Gasteiger partial charge is 0.152 e. The normalized spacial score (nSPS) is 8.85. The summed E-state index contributed by atoms with van der Waals surface area (Å²) in [5, 5.41) is 8.27. The summed E-state index contributed by atoms with van der Waals surface area (Å²) in [5.41, 5.74) is 3.64. The SMILES string of the molecule is N#CC#Cc1ccc2ncsc2c1. The van der Waals surface area contributed by atoms with Crippen molar-refractivity contribution in [2.75, 3.05) is 0 Å². The van der Waals surface area contributed by atoms with E-state index in [1.807, 2.05) is 18.2 Å². The van der Waals surface area contributed by atoms with E-state index in [0.717, 1.165) is 15.8 Å². The second kappa shape index (κ2) is 3.26. The van der Waals surface area contributed by atoms with Gasteiger partial charge in [0.15, 0.2) is 6.07 Å². The maximum atomic E-state index is 8.27. The molecule has 0 bridgehead atoms. The van der Waals surface area contributed by atoms with Crippen molar-refractivity contribution in [1.82, 2.24) is 4.98 Å². The maximum Gasteiger partial charge on any atom is 0.152 e. The predicted octanol–water partition coefficient (Wildman–Crippen LogP) is 2.17. The van der Waals surface area contributed by atoms with Gasteiger partial charge in [0.2, 0.25) is 0 Å². The molecular formula is C10H4N2S. The van der Waals surface area contributed by atoms with Gasteiger partial charge in [-0.1, -0.05) is 5.92 Å². The number of aromatic nitrogens is 1. The van der Waals surface area contributed by atoms with Gasteiger partial charge in [0.1, 0.15) is 0 Å². The number of hydrogen-bond donors (Lipinski definition) is 0. The van der Waals surface area contributed by atoms with Crippen LogP contribution in [0.15, 0.2) is 23.7 Å². The minimum absolute atomic E-state index is 0.860. The number of benzene rings is 1. The molecule has 0 unspecified atom stereocenters. The van der Waals surface area contributed by atoms with Gasteiger partial charge in [0, 0.05) is 11.5 Å². The fourth-order valence-corrected chi connectivity index (χ4v) is 1.75. The zero-order valence-electron chi connectivity index (χ0n) is 6.61. The molecule has 0 aliphatic carbocycles. The molecule has 0 fully saturated rings. The number of rotatable bonds is 0. The monoisotopic (exact) mass is 184 g/mol. The standard InChI is InChI=1S/C10H4N2S/c11-5-1-2-8-3-4-9-10(6-8)13-7-12-9/h3-4,6-7H. The first-order chi connectivity index (χ1) is 6.40. The molecule has 0 aliphatic heterocycles. The molecule has 0 saturated carbocycles. The van der Waals surface area contributed by atoms with Crippen LogP contribution in [-0.4, -0.2) is 4.98 Å². The van der Waals surface area contributed by atoms with Gasteiger partial charge >= 0.3 is 0 Å². The molecule has 0 aliphatic rings. The fourth-order valence-electron chi connectivity index (χ4n) is 1.03. The van der Waals surface area contributed by atoms with Gasteiger partial charge in [0.05, 0.1) is 15.7 Å². The van der Waals surface area contributed by atoms with Crippen LogP contribution >= 0.6 is 11.3 Å². The lowest BCUT2D eigenvalue weighted by Crippen LogP contribution is -1.72. The van der Waals surface area contributed by atoms with E-state index < -0.39 is 0 Å². The van der Waals surface area contributed by atoms with Gasteiger partial charge in [-0.3, -0.25) is 0 Å². The van der Waals surface area contributed by atoms with Gasteiger partial charge in [-0.05, 0) is 18.2 Å². The summed E-state index contributed by atoms with van der Waals surface area (Å²) in [4.78, 5) is 4.15. The molecule has 13 heavy (non-hydrogen) atoms. The quantitative estimate of drug-likeness (QED) is 0.588. The third-order valence-corrected chi connectivity index (χ3v) is 2.39. The molecule has 60 valence electrons. The Labute approximate surface area is 79.5 Å². The summed E-state index contributed by atoms with van der Waals surface area (Å²) in [7, 11) is 0. The molecule has 0 saturated heterocycles. The van der Waals surface area contributed by atoms with E-state index in [4.69, 9.17) is 5.26 Å². The summed E-state index contributed by atoms with van der Waals surface area (Å²) >= 11 is 1.57. The Kier molecular flexibility index (Phi) is 1.96. The van der Waals surface area contributed by atoms with Crippen LogP contribution in [0.1, 0.15) is 5.56 Å². The lowest BCUT2D eigenvalue weighted by atomic mass is 10.2. The second-order valence-electron chi connectivity index (χ2n) is 2.40. The molecule has 1 aromatic carbocycles. The number of fused-ring (bicyclic) bond motifs is 1. The van der Waals surface area contributed by atoms with Crippen LogP contribution in [0.2, 0.25) is 0 Å². The summed E-state index contributed by atoms with van der Waals surface area (Å²) in [6, 6.07) is 7.50. The Balaban J connectivity index is 2.56.